The highest BCUT2D eigenvalue weighted by Crippen LogP contribution is 2.40. The summed E-state index contributed by atoms with van der Waals surface area (Å²) in [5, 5.41) is 7.33. The van der Waals surface area contributed by atoms with Gasteiger partial charge in [-0.2, -0.15) is 4.98 Å². The van der Waals surface area contributed by atoms with Crippen LogP contribution in [-0.2, 0) is 0 Å². The van der Waals surface area contributed by atoms with E-state index in [1.165, 1.54) is 0 Å². The smallest absolute Gasteiger partial charge is 0.326 e. The van der Waals surface area contributed by atoms with E-state index >= 15 is 0 Å². The first kappa shape index (κ1) is 21.7. The molecule has 1 atom stereocenters. The number of carbonyl (C=O) groups excluding carboxylic acids is 1. The number of hydrogen-bond donors (Lipinski definition) is 1. The molecule has 6 rings (SSSR count). The predicted molar refractivity (Wildman–Crippen MR) is 132 cm³/mol. The largest absolute Gasteiger partial charge is 0.497 e. The van der Waals surface area contributed by atoms with Gasteiger partial charge < -0.3 is 24.1 Å². The van der Waals surface area contributed by atoms with Crippen molar-refractivity contribution in [2.24, 2.45) is 0 Å². The maximum absolute atomic E-state index is 13.3. The van der Waals surface area contributed by atoms with Crippen LogP contribution in [0.2, 0.25) is 0 Å². The summed E-state index contributed by atoms with van der Waals surface area (Å²) in [6.45, 7) is 2.06. The monoisotopic (exact) mass is 482 g/mol. The summed E-state index contributed by atoms with van der Waals surface area (Å²) in [7, 11) is 1.61. The van der Waals surface area contributed by atoms with Gasteiger partial charge in [-0.3, -0.25) is 4.90 Å². The zero-order valence-electron chi connectivity index (χ0n) is 19.6. The van der Waals surface area contributed by atoms with Crippen molar-refractivity contribution in [3.05, 3.63) is 89.9 Å². The number of hydrogen-bond acceptors (Lipinski definition) is 7. The van der Waals surface area contributed by atoms with E-state index in [1.54, 1.807) is 12.0 Å². The molecule has 1 N–H and O–H groups in total. The van der Waals surface area contributed by atoms with Gasteiger partial charge in [-0.1, -0.05) is 35.5 Å². The minimum atomic E-state index is -0.506. The number of carbonyl (C=O) groups is 1. The van der Waals surface area contributed by atoms with E-state index in [-0.39, 0.29) is 12.8 Å². The fraction of sp³-hybridized carbons (Fsp3) is 0.148. The Kier molecular flexibility index (Phi) is 5.29. The van der Waals surface area contributed by atoms with E-state index < -0.39 is 6.04 Å². The molecular weight excluding hydrogens is 460 g/mol. The molecule has 4 aromatic rings. The molecule has 3 heterocycles. The summed E-state index contributed by atoms with van der Waals surface area (Å²) >= 11 is 0. The average Bonchev–Trinajstić information content (AvgIpc) is 3.58. The summed E-state index contributed by atoms with van der Waals surface area (Å²) in [4.78, 5) is 19.6. The molecule has 1 unspecified atom stereocenters. The van der Waals surface area contributed by atoms with Crippen LogP contribution in [0.4, 0.5) is 10.5 Å². The number of amides is 2. The first-order chi connectivity index (χ1) is 17.6. The first-order valence-electron chi connectivity index (χ1n) is 11.4. The highest BCUT2D eigenvalue weighted by Gasteiger charge is 2.36. The van der Waals surface area contributed by atoms with Gasteiger partial charge in [0.1, 0.15) is 5.75 Å². The van der Waals surface area contributed by atoms with Gasteiger partial charge in [-0.05, 0) is 55.0 Å². The second-order valence-electron chi connectivity index (χ2n) is 8.32. The van der Waals surface area contributed by atoms with Gasteiger partial charge in [0, 0.05) is 11.3 Å². The molecule has 9 heteroatoms. The SMILES string of the molecule is COc1ccc(C2NC(=O)N(c3ccccc3)C(C)=C2c2nc(-c3ccc4c(c3)OCO4)no2)cc1. The molecule has 0 fully saturated rings. The molecule has 1 aromatic heterocycles. The summed E-state index contributed by atoms with van der Waals surface area (Å²) in [5.74, 6) is 2.73. The number of anilines is 1. The van der Waals surface area contributed by atoms with Crippen LogP contribution in [0.15, 0.2) is 83.0 Å². The average molecular weight is 482 g/mol. The minimum absolute atomic E-state index is 0.181. The van der Waals surface area contributed by atoms with Crippen molar-refractivity contribution in [3.8, 4) is 28.6 Å². The van der Waals surface area contributed by atoms with E-state index in [0.717, 1.165) is 22.6 Å². The number of rotatable bonds is 5. The Hall–Kier alpha value is -4.79. The molecule has 0 spiro atoms. The maximum atomic E-state index is 13.3. The molecule has 2 amide bonds. The van der Waals surface area contributed by atoms with Gasteiger partial charge in [0.05, 0.1) is 24.4 Å². The maximum Gasteiger partial charge on any atom is 0.326 e. The normalized spacial score (nSPS) is 16.8. The van der Waals surface area contributed by atoms with Crippen LogP contribution < -0.4 is 24.4 Å². The standard InChI is InChI=1S/C27H22N4O5/c1-16-23(26-29-25(30-36-26)18-10-13-21-22(14-18)35-15-34-21)24(17-8-11-20(33-2)12-9-17)28-27(32)31(16)19-6-4-3-5-7-19/h3-14,24H,15H2,1-2H3,(H,28,32). The van der Waals surface area contributed by atoms with Crippen LogP contribution >= 0.6 is 0 Å². The molecule has 0 saturated carbocycles. The number of nitrogens with zero attached hydrogens (tertiary/aromatic N) is 3. The summed E-state index contributed by atoms with van der Waals surface area (Å²) in [6, 6.07) is 21.7. The van der Waals surface area contributed by atoms with Crippen LogP contribution in [0.3, 0.4) is 0 Å². The highest BCUT2D eigenvalue weighted by molar-refractivity contribution is 6.01. The Morgan fingerprint density at radius 2 is 1.78 bits per heavy atom. The van der Waals surface area contributed by atoms with Crippen molar-refractivity contribution in [1.82, 2.24) is 15.5 Å². The number of nitrogens with one attached hydrogen (secondary N) is 1. The Morgan fingerprint density at radius 1 is 1.00 bits per heavy atom. The van der Waals surface area contributed by atoms with E-state index in [9.17, 15) is 4.79 Å². The predicted octanol–water partition coefficient (Wildman–Crippen LogP) is 5.18. The second-order valence-corrected chi connectivity index (χ2v) is 8.32. The third kappa shape index (κ3) is 3.70. The number of methoxy groups -OCH3 is 1. The Bertz CT molecular complexity index is 1460. The lowest BCUT2D eigenvalue weighted by Gasteiger charge is -2.35. The molecule has 2 aliphatic heterocycles. The van der Waals surface area contributed by atoms with Crippen LogP contribution in [0.1, 0.15) is 24.4 Å². The molecule has 0 bridgehead atoms. The van der Waals surface area contributed by atoms with Crippen molar-refractivity contribution in [1.29, 1.82) is 0 Å². The van der Waals surface area contributed by atoms with Crippen molar-refractivity contribution in [2.45, 2.75) is 13.0 Å². The Balaban J connectivity index is 1.46. The van der Waals surface area contributed by atoms with Crippen LogP contribution in [0.5, 0.6) is 17.2 Å². The minimum Gasteiger partial charge on any atom is -0.497 e. The van der Waals surface area contributed by atoms with E-state index in [4.69, 9.17) is 23.7 Å². The van der Waals surface area contributed by atoms with Crippen molar-refractivity contribution >= 4 is 17.3 Å². The van der Waals surface area contributed by atoms with Crippen molar-refractivity contribution < 1.29 is 23.5 Å². The van der Waals surface area contributed by atoms with Crippen molar-refractivity contribution in [3.63, 3.8) is 0 Å². The zero-order chi connectivity index (χ0) is 24.6. The fourth-order valence-electron chi connectivity index (χ4n) is 4.44. The van der Waals surface area contributed by atoms with Gasteiger partial charge >= 0.3 is 6.03 Å². The van der Waals surface area contributed by atoms with Gasteiger partial charge in [0.25, 0.3) is 5.89 Å². The summed E-state index contributed by atoms with van der Waals surface area (Å²) in [5.41, 5.74) is 3.70. The van der Waals surface area contributed by atoms with E-state index in [2.05, 4.69) is 10.5 Å². The van der Waals surface area contributed by atoms with Gasteiger partial charge in [0.2, 0.25) is 12.6 Å². The number of aromatic nitrogens is 2. The lowest BCUT2D eigenvalue weighted by atomic mass is 9.94. The summed E-state index contributed by atoms with van der Waals surface area (Å²) < 4.78 is 22.0. The fourth-order valence-corrected chi connectivity index (χ4v) is 4.44. The van der Waals surface area contributed by atoms with E-state index in [0.29, 0.717) is 34.5 Å². The third-order valence-electron chi connectivity index (χ3n) is 6.24. The van der Waals surface area contributed by atoms with Gasteiger partial charge in [0.15, 0.2) is 11.5 Å². The molecule has 9 nitrogen and oxygen atoms in total. The summed E-state index contributed by atoms with van der Waals surface area (Å²) in [6.07, 6.45) is 0. The number of ether oxygens (including phenoxy) is 3. The molecule has 2 aliphatic rings. The quantitative estimate of drug-likeness (QED) is 0.419. The number of benzene rings is 3. The van der Waals surface area contributed by atoms with Gasteiger partial charge in [-0.25, -0.2) is 4.79 Å². The van der Waals surface area contributed by atoms with Crippen molar-refractivity contribution in [2.75, 3.05) is 18.8 Å². The first-order valence-corrected chi connectivity index (χ1v) is 11.4. The third-order valence-corrected chi connectivity index (χ3v) is 6.24. The molecule has 0 radical (unpaired) electrons. The number of allylic oxidation sites excluding steroid dienone is 1. The molecule has 36 heavy (non-hydrogen) atoms. The molecule has 0 aliphatic carbocycles. The molecule has 0 saturated heterocycles. The highest BCUT2D eigenvalue weighted by atomic mass is 16.7. The molecule has 180 valence electrons. The lowest BCUT2D eigenvalue weighted by molar-refractivity contribution is 0.174. The van der Waals surface area contributed by atoms with E-state index in [1.807, 2.05) is 79.7 Å². The Labute approximate surface area is 206 Å². The van der Waals surface area contributed by atoms with Crippen LogP contribution in [0.25, 0.3) is 17.0 Å². The topological polar surface area (TPSA) is 99.0 Å². The van der Waals surface area contributed by atoms with Crippen LogP contribution in [0, 0.1) is 0 Å². The zero-order valence-corrected chi connectivity index (χ0v) is 19.6. The Morgan fingerprint density at radius 3 is 2.56 bits per heavy atom. The van der Waals surface area contributed by atoms with Gasteiger partial charge in [-0.15, -0.1) is 0 Å². The van der Waals surface area contributed by atoms with Crippen LogP contribution in [-0.4, -0.2) is 30.1 Å². The lowest BCUT2D eigenvalue weighted by Crippen LogP contribution is -2.46. The number of urea groups is 1. The second kappa shape index (κ2) is 8.77. The number of fused-ring (bicyclic) bond motifs is 1. The number of para-hydroxylation sites is 1. The molecule has 3 aromatic carbocycles. The molecular formula is C27H22N4O5.